The summed E-state index contributed by atoms with van der Waals surface area (Å²) in [5.74, 6) is 1.52. The van der Waals surface area contributed by atoms with Gasteiger partial charge in [-0.3, -0.25) is 4.79 Å². The van der Waals surface area contributed by atoms with Crippen molar-refractivity contribution in [1.82, 2.24) is 19.8 Å². The van der Waals surface area contributed by atoms with E-state index in [2.05, 4.69) is 26.2 Å². The number of ether oxygens (including phenoxy) is 1. The second-order valence-corrected chi connectivity index (χ2v) is 6.31. The third kappa shape index (κ3) is 3.11. The molecular formula is C16H19BrN4O2. The van der Waals surface area contributed by atoms with Crippen molar-refractivity contribution in [2.75, 3.05) is 26.7 Å². The lowest BCUT2D eigenvalue weighted by Crippen LogP contribution is -2.49. The average Bonchev–Trinajstić information content (AvgIpc) is 3.00. The van der Waals surface area contributed by atoms with E-state index in [-0.39, 0.29) is 11.9 Å². The van der Waals surface area contributed by atoms with Crippen LogP contribution >= 0.6 is 15.9 Å². The third-order valence-electron chi connectivity index (χ3n) is 4.06. The number of benzene rings is 1. The molecule has 0 bridgehead atoms. The quantitative estimate of drug-likeness (QED) is 0.886. The first kappa shape index (κ1) is 16.0. The Morgan fingerprint density at radius 2 is 2.30 bits per heavy atom. The van der Waals surface area contributed by atoms with E-state index in [1.165, 1.54) is 0 Å². The Labute approximate surface area is 143 Å². The lowest BCUT2D eigenvalue weighted by Gasteiger charge is -2.36. The van der Waals surface area contributed by atoms with E-state index in [0.29, 0.717) is 24.4 Å². The number of amides is 1. The Morgan fingerprint density at radius 3 is 3.00 bits per heavy atom. The normalized spacial score (nSPS) is 18.0. The summed E-state index contributed by atoms with van der Waals surface area (Å²) in [5, 5.41) is 3.34. The SMILES string of the molecule is COc1ccc(Br)c(C(=O)N2CCNCC2c2nccn2C)c1. The molecule has 0 radical (unpaired) electrons. The molecule has 0 spiro atoms. The van der Waals surface area contributed by atoms with Crippen LogP contribution in [-0.2, 0) is 7.05 Å². The van der Waals surface area contributed by atoms with Gasteiger partial charge >= 0.3 is 0 Å². The van der Waals surface area contributed by atoms with Crippen LogP contribution in [0.25, 0.3) is 0 Å². The van der Waals surface area contributed by atoms with E-state index < -0.39 is 0 Å². The van der Waals surface area contributed by atoms with Gasteiger partial charge < -0.3 is 19.5 Å². The second-order valence-electron chi connectivity index (χ2n) is 5.46. The summed E-state index contributed by atoms with van der Waals surface area (Å²) in [6.45, 7) is 2.10. The Kier molecular flexibility index (Phi) is 4.68. The number of imidazole rings is 1. The number of nitrogens with zero attached hydrogens (tertiary/aromatic N) is 3. The first-order valence-corrected chi connectivity index (χ1v) is 8.23. The molecule has 1 saturated heterocycles. The number of rotatable bonds is 3. The molecule has 2 aromatic rings. The van der Waals surface area contributed by atoms with E-state index >= 15 is 0 Å². The molecule has 1 aromatic carbocycles. The van der Waals surface area contributed by atoms with Gasteiger partial charge in [0.2, 0.25) is 0 Å². The van der Waals surface area contributed by atoms with Crippen molar-refractivity contribution in [3.8, 4) is 5.75 Å². The van der Waals surface area contributed by atoms with Crippen molar-refractivity contribution in [3.63, 3.8) is 0 Å². The second kappa shape index (κ2) is 6.72. The maximum atomic E-state index is 13.1. The molecule has 7 heteroatoms. The topological polar surface area (TPSA) is 59.4 Å². The van der Waals surface area contributed by atoms with Crippen molar-refractivity contribution in [2.24, 2.45) is 7.05 Å². The van der Waals surface area contributed by atoms with Crippen LogP contribution in [0.5, 0.6) is 5.75 Å². The van der Waals surface area contributed by atoms with Gasteiger partial charge in [-0.05, 0) is 34.1 Å². The van der Waals surface area contributed by atoms with Gasteiger partial charge in [0.15, 0.2) is 0 Å². The Bertz CT molecular complexity index is 716. The number of aryl methyl sites for hydroxylation is 1. The van der Waals surface area contributed by atoms with Crippen LogP contribution in [0.3, 0.4) is 0 Å². The lowest BCUT2D eigenvalue weighted by atomic mass is 10.1. The van der Waals surface area contributed by atoms with Gasteiger partial charge in [0, 0.05) is 43.5 Å². The summed E-state index contributed by atoms with van der Waals surface area (Å²) in [7, 11) is 3.54. The zero-order chi connectivity index (χ0) is 16.4. The molecule has 3 rings (SSSR count). The van der Waals surface area contributed by atoms with E-state index in [1.54, 1.807) is 19.4 Å². The predicted octanol–water partition coefficient (Wildman–Crippen LogP) is 1.98. The number of halogens is 1. The minimum absolute atomic E-state index is 0.0229. The molecule has 1 atom stereocenters. The highest BCUT2D eigenvalue weighted by atomic mass is 79.9. The zero-order valence-electron chi connectivity index (χ0n) is 13.1. The number of hydrogen-bond acceptors (Lipinski definition) is 4. The van der Waals surface area contributed by atoms with Crippen molar-refractivity contribution in [3.05, 3.63) is 46.5 Å². The minimum atomic E-state index is -0.0886. The molecule has 1 aliphatic heterocycles. The number of aromatic nitrogens is 2. The van der Waals surface area contributed by atoms with Crippen molar-refractivity contribution in [2.45, 2.75) is 6.04 Å². The summed E-state index contributed by atoms with van der Waals surface area (Å²) in [4.78, 5) is 19.4. The summed E-state index contributed by atoms with van der Waals surface area (Å²) in [6, 6.07) is 5.34. The largest absolute Gasteiger partial charge is 0.497 e. The molecular weight excluding hydrogens is 360 g/mol. The number of hydrogen-bond donors (Lipinski definition) is 1. The standard InChI is InChI=1S/C16H19BrN4O2/c1-20-7-6-19-15(20)14-10-18-5-8-21(14)16(22)12-9-11(23-2)3-4-13(12)17/h3-4,6-7,9,14,18H,5,8,10H2,1-2H3. The Balaban J connectivity index is 1.95. The van der Waals surface area contributed by atoms with Gasteiger partial charge in [0.25, 0.3) is 5.91 Å². The smallest absolute Gasteiger partial charge is 0.255 e. The summed E-state index contributed by atoms with van der Waals surface area (Å²) in [6.07, 6.45) is 3.65. The van der Waals surface area contributed by atoms with E-state index in [0.717, 1.165) is 16.8 Å². The molecule has 1 N–H and O–H groups in total. The van der Waals surface area contributed by atoms with Crippen LogP contribution in [0.4, 0.5) is 0 Å². The van der Waals surface area contributed by atoms with Gasteiger partial charge in [0.05, 0.1) is 12.7 Å². The molecule has 1 amide bonds. The molecule has 1 aliphatic rings. The molecule has 1 unspecified atom stereocenters. The molecule has 0 saturated carbocycles. The fourth-order valence-electron chi connectivity index (χ4n) is 2.83. The number of methoxy groups -OCH3 is 1. The predicted molar refractivity (Wildman–Crippen MR) is 90.5 cm³/mol. The number of carbonyl (C=O) groups excluding carboxylic acids is 1. The van der Waals surface area contributed by atoms with Crippen LogP contribution in [0.15, 0.2) is 35.1 Å². The highest BCUT2D eigenvalue weighted by molar-refractivity contribution is 9.10. The molecule has 1 fully saturated rings. The lowest BCUT2D eigenvalue weighted by molar-refractivity contribution is 0.0619. The molecule has 0 aliphatic carbocycles. The summed E-state index contributed by atoms with van der Waals surface area (Å²) < 4.78 is 7.97. The van der Waals surface area contributed by atoms with Crippen molar-refractivity contribution in [1.29, 1.82) is 0 Å². The van der Waals surface area contributed by atoms with Crippen molar-refractivity contribution >= 4 is 21.8 Å². The molecule has 23 heavy (non-hydrogen) atoms. The van der Waals surface area contributed by atoms with Gasteiger partial charge in [0.1, 0.15) is 17.6 Å². The van der Waals surface area contributed by atoms with Crippen LogP contribution in [0.1, 0.15) is 22.2 Å². The zero-order valence-corrected chi connectivity index (χ0v) is 14.7. The van der Waals surface area contributed by atoms with Gasteiger partial charge in [-0.15, -0.1) is 0 Å². The maximum absolute atomic E-state index is 13.1. The summed E-state index contributed by atoms with van der Waals surface area (Å²) in [5.41, 5.74) is 0.602. The molecule has 6 nitrogen and oxygen atoms in total. The average molecular weight is 379 g/mol. The van der Waals surface area contributed by atoms with Gasteiger partial charge in [-0.25, -0.2) is 4.98 Å². The van der Waals surface area contributed by atoms with E-state index in [1.807, 2.05) is 34.8 Å². The highest BCUT2D eigenvalue weighted by Crippen LogP contribution is 2.28. The number of carbonyl (C=O) groups is 1. The highest BCUT2D eigenvalue weighted by Gasteiger charge is 2.31. The minimum Gasteiger partial charge on any atom is -0.497 e. The fourth-order valence-corrected chi connectivity index (χ4v) is 3.24. The first-order valence-electron chi connectivity index (χ1n) is 7.44. The van der Waals surface area contributed by atoms with Crippen LogP contribution in [0.2, 0.25) is 0 Å². The van der Waals surface area contributed by atoms with Crippen molar-refractivity contribution < 1.29 is 9.53 Å². The van der Waals surface area contributed by atoms with Crippen LogP contribution in [0, 0.1) is 0 Å². The maximum Gasteiger partial charge on any atom is 0.255 e. The van der Waals surface area contributed by atoms with Crippen LogP contribution < -0.4 is 10.1 Å². The van der Waals surface area contributed by atoms with E-state index in [9.17, 15) is 4.79 Å². The fraction of sp³-hybridized carbons (Fsp3) is 0.375. The third-order valence-corrected chi connectivity index (χ3v) is 4.76. The van der Waals surface area contributed by atoms with Gasteiger partial charge in [-0.2, -0.15) is 0 Å². The Morgan fingerprint density at radius 1 is 1.48 bits per heavy atom. The molecule has 1 aromatic heterocycles. The van der Waals surface area contributed by atoms with Gasteiger partial charge in [-0.1, -0.05) is 0 Å². The first-order chi connectivity index (χ1) is 11.1. The van der Waals surface area contributed by atoms with Crippen LogP contribution in [-0.4, -0.2) is 47.1 Å². The molecule has 122 valence electrons. The Hall–Kier alpha value is -1.86. The van der Waals surface area contributed by atoms with E-state index in [4.69, 9.17) is 4.74 Å². The number of nitrogens with one attached hydrogen (secondary N) is 1. The molecule has 2 heterocycles. The summed E-state index contributed by atoms with van der Waals surface area (Å²) >= 11 is 3.47. The monoisotopic (exact) mass is 378 g/mol. The number of piperazine rings is 1.